The first-order chi connectivity index (χ1) is 15.5. The van der Waals surface area contributed by atoms with Gasteiger partial charge in [-0.15, -0.1) is 0 Å². The van der Waals surface area contributed by atoms with Gasteiger partial charge in [0.2, 0.25) is 0 Å². The number of benzene rings is 2. The smallest absolute Gasteiger partial charge is 0.165 e. The largest absolute Gasteiger partial charge is 0.493 e. The molecule has 0 aliphatic rings. The van der Waals surface area contributed by atoms with E-state index in [4.69, 9.17) is 19.0 Å². The number of rotatable bonds is 13. The lowest BCUT2D eigenvalue weighted by atomic mass is 10.1. The van der Waals surface area contributed by atoms with Crippen LogP contribution in [0.2, 0.25) is 0 Å². The zero-order chi connectivity index (χ0) is 23.3. The molecule has 2 rings (SSSR count). The van der Waals surface area contributed by atoms with Gasteiger partial charge in [-0.25, -0.2) is 4.39 Å². The fourth-order valence-electron chi connectivity index (χ4n) is 3.23. The molecule has 32 heavy (non-hydrogen) atoms. The van der Waals surface area contributed by atoms with Crippen molar-refractivity contribution in [2.24, 2.45) is 5.16 Å². The Labute approximate surface area is 190 Å². The van der Waals surface area contributed by atoms with Crippen LogP contribution in [0.3, 0.4) is 0 Å². The minimum Gasteiger partial charge on any atom is -0.493 e. The van der Waals surface area contributed by atoms with Gasteiger partial charge in [0.15, 0.2) is 11.6 Å². The van der Waals surface area contributed by atoms with E-state index in [1.54, 1.807) is 19.1 Å². The highest BCUT2D eigenvalue weighted by Gasteiger charge is 2.09. The normalized spacial score (nSPS) is 11.6. The Hall–Kier alpha value is -3.02. The van der Waals surface area contributed by atoms with Gasteiger partial charge < -0.3 is 19.0 Å². The third-order valence-corrected chi connectivity index (χ3v) is 4.89. The van der Waals surface area contributed by atoms with Crippen LogP contribution >= 0.6 is 0 Å². The number of oxime groups is 1. The number of hydrogen-bond donors (Lipinski definition) is 0. The molecule has 0 aliphatic heterocycles. The number of aryl methyl sites for hydroxylation is 2. The number of allylic oxidation sites excluding steroid dienone is 1. The molecular formula is C26H34FNO4. The molecule has 0 aromatic heterocycles. The maximum absolute atomic E-state index is 14.2. The van der Waals surface area contributed by atoms with Crippen molar-refractivity contribution in [1.82, 2.24) is 0 Å². The van der Waals surface area contributed by atoms with Gasteiger partial charge in [0.1, 0.15) is 25.2 Å². The first-order valence-corrected chi connectivity index (χ1v) is 10.9. The van der Waals surface area contributed by atoms with E-state index < -0.39 is 5.82 Å². The number of unbranched alkanes of at least 4 members (excludes halogenated alkanes) is 2. The molecule has 0 unspecified atom stereocenters. The van der Waals surface area contributed by atoms with Crippen molar-refractivity contribution in [3.05, 3.63) is 65.0 Å². The van der Waals surface area contributed by atoms with E-state index in [-0.39, 0.29) is 5.75 Å². The number of halogens is 1. The van der Waals surface area contributed by atoms with Crippen LogP contribution in [0.5, 0.6) is 17.2 Å². The van der Waals surface area contributed by atoms with Gasteiger partial charge in [0.25, 0.3) is 0 Å². The van der Waals surface area contributed by atoms with Gasteiger partial charge in [0, 0.05) is 5.56 Å². The number of hydrogen-bond acceptors (Lipinski definition) is 5. The molecule has 0 amide bonds. The summed E-state index contributed by atoms with van der Waals surface area (Å²) in [4.78, 5) is 4.72. The van der Waals surface area contributed by atoms with E-state index in [1.165, 1.54) is 13.2 Å². The van der Waals surface area contributed by atoms with Gasteiger partial charge in [0.05, 0.1) is 18.9 Å². The maximum atomic E-state index is 14.2. The minimum atomic E-state index is -0.402. The third kappa shape index (κ3) is 7.91. The van der Waals surface area contributed by atoms with E-state index in [1.807, 2.05) is 45.1 Å². The Morgan fingerprint density at radius 1 is 0.969 bits per heavy atom. The average Bonchev–Trinajstić information content (AvgIpc) is 2.76. The molecule has 2 aromatic carbocycles. The highest BCUT2D eigenvalue weighted by Crippen LogP contribution is 2.28. The summed E-state index contributed by atoms with van der Waals surface area (Å²) in [6.45, 7) is 9.44. The van der Waals surface area contributed by atoms with Gasteiger partial charge >= 0.3 is 0 Å². The van der Waals surface area contributed by atoms with Crippen LogP contribution in [0.15, 0.2) is 47.6 Å². The zero-order valence-electron chi connectivity index (χ0n) is 19.7. The summed E-state index contributed by atoms with van der Waals surface area (Å²) in [5, 5.41) is 3.81. The Morgan fingerprint density at radius 2 is 1.66 bits per heavy atom. The van der Waals surface area contributed by atoms with Crippen molar-refractivity contribution in [2.45, 2.75) is 47.0 Å². The summed E-state index contributed by atoms with van der Waals surface area (Å²) in [5.74, 6) is 1.61. The lowest BCUT2D eigenvalue weighted by molar-refractivity contribution is 0.213. The standard InChI is InChI=1S/C26H34FNO4/c1-6-7-13-30-23-16-19(2)26(20(3)17-23)32-15-10-8-9-14-31-25-12-11-22(18-24(25)27)21(4)28-29-5/h6-7,11-12,16-18H,8-10,13-15H2,1-5H3/b7-6+,28-21?. The van der Waals surface area contributed by atoms with Crippen molar-refractivity contribution in [1.29, 1.82) is 0 Å². The van der Waals surface area contributed by atoms with Gasteiger partial charge in [-0.1, -0.05) is 17.3 Å². The van der Waals surface area contributed by atoms with Crippen LogP contribution in [0, 0.1) is 19.7 Å². The quantitative estimate of drug-likeness (QED) is 0.156. The minimum absolute atomic E-state index is 0.248. The lowest BCUT2D eigenvalue weighted by Crippen LogP contribution is -2.04. The molecule has 0 radical (unpaired) electrons. The van der Waals surface area contributed by atoms with Crippen LogP contribution in [0.1, 0.15) is 49.8 Å². The fourth-order valence-corrected chi connectivity index (χ4v) is 3.23. The van der Waals surface area contributed by atoms with Crippen LogP contribution in [-0.2, 0) is 4.84 Å². The Morgan fingerprint density at radius 3 is 2.28 bits per heavy atom. The van der Waals surface area contributed by atoms with Gasteiger partial charge in [-0.2, -0.15) is 0 Å². The molecule has 0 saturated heterocycles. The summed E-state index contributed by atoms with van der Waals surface area (Å²) in [6, 6.07) is 8.80. The predicted molar refractivity (Wildman–Crippen MR) is 127 cm³/mol. The van der Waals surface area contributed by atoms with Crippen molar-refractivity contribution < 1.29 is 23.4 Å². The summed E-state index contributed by atoms with van der Waals surface area (Å²) < 4.78 is 31.5. The molecule has 0 saturated carbocycles. The molecule has 0 heterocycles. The van der Waals surface area contributed by atoms with E-state index in [2.05, 4.69) is 5.16 Å². The van der Waals surface area contributed by atoms with Gasteiger partial charge in [-0.05, 0) is 88.4 Å². The van der Waals surface area contributed by atoms with Crippen LogP contribution < -0.4 is 14.2 Å². The molecule has 0 bridgehead atoms. The second-order valence-corrected chi connectivity index (χ2v) is 7.53. The zero-order valence-corrected chi connectivity index (χ0v) is 19.7. The molecule has 0 fully saturated rings. The Kier molecular flexibility index (Phi) is 10.6. The molecule has 0 N–H and O–H groups in total. The van der Waals surface area contributed by atoms with Crippen molar-refractivity contribution in [3.63, 3.8) is 0 Å². The average molecular weight is 444 g/mol. The summed E-state index contributed by atoms with van der Waals surface area (Å²) >= 11 is 0. The third-order valence-electron chi connectivity index (χ3n) is 4.89. The van der Waals surface area contributed by atoms with Crippen molar-refractivity contribution in [3.8, 4) is 17.2 Å². The van der Waals surface area contributed by atoms with E-state index in [9.17, 15) is 4.39 Å². The summed E-state index contributed by atoms with van der Waals surface area (Å²) in [6.07, 6.45) is 6.60. The molecule has 6 heteroatoms. The molecule has 5 nitrogen and oxygen atoms in total. The molecular weight excluding hydrogens is 409 g/mol. The van der Waals surface area contributed by atoms with Crippen molar-refractivity contribution in [2.75, 3.05) is 26.9 Å². The molecule has 0 atom stereocenters. The fraction of sp³-hybridized carbons (Fsp3) is 0.423. The highest BCUT2D eigenvalue weighted by molar-refractivity contribution is 5.98. The molecule has 2 aromatic rings. The van der Waals surface area contributed by atoms with Crippen LogP contribution in [-0.4, -0.2) is 32.6 Å². The monoisotopic (exact) mass is 443 g/mol. The lowest BCUT2D eigenvalue weighted by Gasteiger charge is -2.14. The van der Waals surface area contributed by atoms with Crippen LogP contribution in [0.4, 0.5) is 4.39 Å². The Balaban J connectivity index is 1.71. The highest BCUT2D eigenvalue weighted by atomic mass is 19.1. The summed E-state index contributed by atoms with van der Waals surface area (Å²) in [7, 11) is 1.46. The first-order valence-electron chi connectivity index (χ1n) is 10.9. The molecule has 174 valence electrons. The first kappa shape index (κ1) is 25.2. The van der Waals surface area contributed by atoms with Crippen molar-refractivity contribution >= 4 is 5.71 Å². The molecule has 0 spiro atoms. The molecule has 0 aliphatic carbocycles. The Bertz CT molecular complexity index is 901. The van der Waals surface area contributed by atoms with E-state index in [0.29, 0.717) is 31.1 Å². The topological polar surface area (TPSA) is 49.3 Å². The number of nitrogens with zero attached hydrogens (tertiary/aromatic N) is 1. The van der Waals surface area contributed by atoms with E-state index >= 15 is 0 Å². The predicted octanol–water partition coefficient (Wildman–Crippen LogP) is 6.40. The SMILES string of the molecule is C/C=C/COc1cc(C)c(OCCCCCOc2ccc(C(C)=NOC)cc2F)c(C)c1. The van der Waals surface area contributed by atoms with E-state index in [0.717, 1.165) is 41.9 Å². The second-order valence-electron chi connectivity index (χ2n) is 7.53. The maximum Gasteiger partial charge on any atom is 0.165 e. The second kappa shape index (κ2) is 13.4. The summed E-state index contributed by atoms with van der Waals surface area (Å²) in [5.41, 5.74) is 3.40. The number of ether oxygens (including phenoxy) is 3. The van der Waals surface area contributed by atoms with Crippen LogP contribution in [0.25, 0.3) is 0 Å². The van der Waals surface area contributed by atoms with Gasteiger partial charge in [-0.3, -0.25) is 0 Å².